The topological polar surface area (TPSA) is 90.1 Å². The van der Waals surface area contributed by atoms with E-state index in [4.69, 9.17) is 9.26 Å². The minimum absolute atomic E-state index is 0.00846. The highest BCUT2D eigenvalue weighted by Crippen LogP contribution is 2.20. The Hall–Kier alpha value is -1.93. The number of carbonyl (C=O) groups is 1. The maximum Gasteiger partial charge on any atom is 0.259 e. The van der Waals surface area contributed by atoms with Crippen LogP contribution >= 0.6 is 11.8 Å². The lowest BCUT2D eigenvalue weighted by molar-refractivity contribution is -0.119. The summed E-state index contributed by atoms with van der Waals surface area (Å²) in [6.07, 6.45) is 4.67. The summed E-state index contributed by atoms with van der Waals surface area (Å²) in [6.45, 7) is 3.35. The van der Waals surface area contributed by atoms with Gasteiger partial charge in [-0.05, 0) is 25.0 Å². The van der Waals surface area contributed by atoms with Gasteiger partial charge in [-0.25, -0.2) is 4.98 Å². The summed E-state index contributed by atoms with van der Waals surface area (Å²) in [5, 5.41) is 7.54. The van der Waals surface area contributed by atoms with Gasteiger partial charge in [0.25, 0.3) is 5.89 Å². The van der Waals surface area contributed by atoms with Crippen molar-refractivity contribution < 1.29 is 14.1 Å². The van der Waals surface area contributed by atoms with Crippen LogP contribution in [0.25, 0.3) is 11.5 Å². The Bertz CT molecular complexity index is 668. The van der Waals surface area contributed by atoms with E-state index in [1.54, 1.807) is 6.20 Å². The molecule has 2 aromatic heterocycles. The number of carbonyl (C=O) groups excluding carboxylic acids is 1. The van der Waals surface area contributed by atoms with E-state index in [-0.39, 0.29) is 12.0 Å². The van der Waals surface area contributed by atoms with Gasteiger partial charge in [0.1, 0.15) is 0 Å². The third-order valence-electron chi connectivity index (χ3n) is 3.67. The second kappa shape index (κ2) is 8.25. The van der Waals surface area contributed by atoms with Crippen molar-refractivity contribution in [3.8, 4) is 11.5 Å². The van der Waals surface area contributed by atoms with Gasteiger partial charge in [-0.3, -0.25) is 4.79 Å². The zero-order valence-corrected chi connectivity index (χ0v) is 14.3. The van der Waals surface area contributed by atoms with Gasteiger partial charge in [0.2, 0.25) is 5.91 Å². The van der Waals surface area contributed by atoms with Crippen molar-refractivity contribution in [2.24, 2.45) is 0 Å². The van der Waals surface area contributed by atoms with Gasteiger partial charge in [-0.1, -0.05) is 23.8 Å². The molecule has 0 bridgehead atoms. The number of pyridine rings is 1. The van der Waals surface area contributed by atoms with E-state index in [1.165, 1.54) is 11.8 Å². The quantitative estimate of drug-likeness (QED) is 0.766. The number of nitrogens with one attached hydrogen (secondary N) is 1. The Balaban J connectivity index is 1.46. The van der Waals surface area contributed by atoms with Crippen LogP contribution < -0.4 is 5.32 Å². The number of hydrogen-bond donors (Lipinski definition) is 1. The van der Waals surface area contributed by atoms with E-state index >= 15 is 0 Å². The molecule has 24 heavy (non-hydrogen) atoms. The molecule has 1 unspecified atom stereocenters. The van der Waals surface area contributed by atoms with Crippen molar-refractivity contribution in [3.05, 3.63) is 24.2 Å². The van der Waals surface area contributed by atoms with Crippen LogP contribution in [0.5, 0.6) is 0 Å². The second-order valence-corrected chi connectivity index (χ2v) is 6.48. The maximum atomic E-state index is 11.8. The minimum atomic E-state index is -0.00846. The van der Waals surface area contributed by atoms with Crippen LogP contribution in [0.4, 0.5) is 0 Å². The number of thioether (sulfide) groups is 1. The Morgan fingerprint density at radius 1 is 1.46 bits per heavy atom. The molecule has 1 atom stereocenters. The van der Waals surface area contributed by atoms with Gasteiger partial charge < -0.3 is 14.6 Å². The molecule has 0 spiro atoms. The first-order valence-electron chi connectivity index (χ1n) is 8.04. The molecule has 3 rings (SSSR count). The molecule has 2 aromatic rings. The van der Waals surface area contributed by atoms with E-state index in [0.717, 1.165) is 36.5 Å². The fourth-order valence-electron chi connectivity index (χ4n) is 2.33. The fraction of sp³-hybridized carbons (Fsp3) is 0.500. The van der Waals surface area contributed by atoms with Crippen molar-refractivity contribution in [2.75, 3.05) is 18.9 Å². The Kier molecular flexibility index (Phi) is 5.81. The molecule has 128 valence electrons. The summed E-state index contributed by atoms with van der Waals surface area (Å²) >= 11 is 1.39. The molecule has 7 nitrogen and oxygen atoms in total. The largest absolute Gasteiger partial charge is 0.376 e. The van der Waals surface area contributed by atoms with Crippen LogP contribution in [-0.4, -0.2) is 46.0 Å². The van der Waals surface area contributed by atoms with Gasteiger partial charge in [0.05, 0.1) is 22.4 Å². The second-order valence-electron chi connectivity index (χ2n) is 5.48. The molecule has 0 aliphatic carbocycles. The summed E-state index contributed by atoms with van der Waals surface area (Å²) in [6, 6.07) is 3.72. The summed E-state index contributed by atoms with van der Waals surface area (Å²) < 4.78 is 10.7. The highest BCUT2D eigenvalue weighted by Gasteiger charge is 2.16. The van der Waals surface area contributed by atoms with Crippen LogP contribution in [0, 0.1) is 0 Å². The van der Waals surface area contributed by atoms with Crippen LogP contribution in [0.1, 0.15) is 25.6 Å². The predicted molar refractivity (Wildman–Crippen MR) is 89.6 cm³/mol. The van der Waals surface area contributed by atoms with Crippen LogP contribution in [0.3, 0.4) is 0 Å². The normalized spacial score (nSPS) is 17.1. The van der Waals surface area contributed by atoms with E-state index in [2.05, 4.69) is 20.4 Å². The zero-order chi connectivity index (χ0) is 16.8. The first-order chi connectivity index (χ1) is 11.7. The molecule has 1 aliphatic heterocycles. The Labute approximate surface area is 144 Å². The van der Waals surface area contributed by atoms with Gasteiger partial charge in [-0.15, -0.1) is 0 Å². The van der Waals surface area contributed by atoms with E-state index in [0.29, 0.717) is 24.0 Å². The standard InChI is InChI=1S/C16H20N4O3S/c1-2-13-19-16(23-20-13)11-5-6-15(18-8-11)24-10-14(21)17-9-12-4-3-7-22-12/h5-6,8,12H,2-4,7,9-10H2,1H3,(H,17,21). The third kappa shape index (κ3) is 4.55. The molecular weight excluding hydrogens is 328 g/mol. The molecule has 0 radical (unpaired) electrons. The van der Waals surface area contributed by atoms with Crippen LogP contribution in [0.15, 0.2) is 27.9 Å². The zero-order valence-electron chi connectivity index (χ0n) is 13.5. The molecule has 1 amide bonds. The van der Waals surface area contributed by atoms with Gasteiger partial charge in [0, 0.05) is 25.8 Å². The average molecular weight is 348 g/mol. The molecule has 0 aromatic carbocycles. The van der Waals surface area contributed by atoms with Gasteiger partial charge in [0.15, 0.2) is 5.82 Å². The molecule has 8 heteroatoms. The lowest BCUT2D eigenvalue weighted by atomic mass is 10.2. The van der Waals surface area contributed by atoms with E-state index in [9.17, 15) is 4.79 Å². The number of aryl methyl sites for hydroxylation is 1. The van der Waals surface area contributed by atoms with Crippen molar-refractivity contribution in [2.45, 2.75) is 37.3 Å². The van der Waals surface area contributed by atoms with Crippen molar-refractivity contribution in [3.63, 3.8) is 0 Å². The van der Waals surface area contributed by atoms with Crippen molar-refractivity contribution in [1.29, 1.82) is 0 Å². The summed E-state index contributed by atoms with van der Waals surface area (Å²) in [5.74, 6) is 1.46. The summed E-state index contributed by atoms with van der Waals surface area (Å²) in [7, 11) is 0. The van der Waals surface area contributed by atoms with E-state index < -0.39 is 0 Å². The number of hydrogen-bond acceptors (Lipinski definition) is 7. The minimum Gasteiger partial charge on any atom is -0.376 e. The van der Waals surface area contributed by atoms with Crippen LogP contribution in [-0.2, 0) is 16.0 Å². The number of amides is 1. The average Bonchev–Trinajstić information content (AvgIpc) is 3.30. The number of nitrogens with zero attached hydrogens (tertiary/aromatic N) is 3. The number of ether oxygens (including phenoxy) is 1. The van der Waals surface area contributed by atoms with Gasteiger partial charge >= 0.3 is 0 Å². The highest BCUT2D eigenvalue weighted by atomic mass is 32.2. The smallest absolute Gasteiger partial charge is 0.259 e. The molecule has 1 fully saturated rings. The molecular formula is C16H20N4O3S. The predicted octanol–water partition coefficient (Wildman–Crippen LogP) is 2.08. The monoisotopic (exact) mass is 348 g/mol. The first-order valence-corrected chi connectivity index (χ1v) is 9.03. The third-order valence-corrected chi connectivity index (χ3v) is 4.61. The molecule has 3 heterocycles. The fourth-order valence-corrected chi connectivity index (χ4v) is 3.00. The van der Waals surface area contributed by atoms with Gasteiger partial charge in [-0.2, -0.15) is 4.98 Å². The van der Waals surface area contributed by atoms with Crippen LogP contribution in [0.2, 0.25) is 0 Å². The van der Waals surface area contributed by atoms with Crippen molar-refractivity contribution >= 4 is 17.7 Å². The first kappa shape index (κ1) is 16.9. The molecule has 0 saturated carbocycles. The molecule has 1 N–H and O–H groups in total. The lowest BCUT2D eigenvalue weighted by Crippen LogP contribution is -2.32. The summed E-state index contributed by atoms with van der Waals surface area (Å²) in [4.78, 5) is 20.4. The molecule has 1 saturated heterocycles. The maximum absolute atomic E-state index is 11.8. The lowest BCUT2D eigenvalue weighted by Gasteiger charge is -2.10. The Morgan fingerprint density at radius 2 is 2.38 bits per heavy atom. The molecule has 1 aliphatic rings. The Morgan fingerprint density at radius 3 is 3.04 bits per heavy atom. The number of aromatic nitrogens is 3. The number of rotatable bonds is 7. The highest BCUT2D eigenvalue weighted by molar-refractivity contribution is 7.99. The summed E-state index contributed by atoms with van der Waals surface area (Å²) in [5.41, 5.74) is 0.773. The SMILES string of the molecule is CCc1noc(-c2ccc(SCC(=O)NCC3CCCO3)nc2)n1. The van der Waals surface area contributed by atoms with Crippen molar-refractivity contribution in [1.82, 2.24) is 20.4 Å². The van der Waals surface area contributed by atoms with E-state index in [1.807, 2.05) is 19.1 Å².